The van der Waals surface area contributed by atoms with Gasteiger partial charge in [0.05, 0.1) is 11.1 Å². The van der Waals surface area contributed by atoms with E-state index in [1.165, 1.54) is 24.8 Å². The van der Waals surface area contributed by atoms with E-state index in [0.29, 0.717) is 13.0 Å². The van der Waals surface area contributed by atoms with Gasteiger partial charge in [0.1, 0.15) is 5.69 Å². The standard InChI is InChI=1S/C14H15N3O3S/c1-21(19,20)12-4-2-11(3-5-12)6-7-17-14(18)13-10-15-8-9-16-13/h2-5,8-10H,6-7H2,1H3,(H,17,18). The van der Waals surface area contributed by atoms with Crippen molar-refractivity contribution in [1.29, 1.82) is 0 Å². The lowest BCUT2D eigenvalue weighted by atomic mass is 10.1. The molecule has 1 N–H and O–H groups in total. The third-order valence-corrected chi connectivity index (χ3v) is 3.98. The van der Waals surface area contributed by atoms with Crippen LogP contribution in [0.2, 0.25) is 0 Å². The van der Waals surface area contributed by atoms with E-state index in [1.807, 2.05) is 0 Å². The first kappa shape index (κ1) is 15.1. The first-order chi connectivity index (χ1) is 9.97. The molecular weight excluding hydrogens is 290 g/mol. The fourth-order valence-electron chi connectivity index (χ4n) is 1.73. The number of rotatable bonds is 5. The quantitative estimate of drug-likeness (QED) is 0.884. The predicted octanol–water partition coefficient (Wildman–Crippen LogP) is 0.853. The molecule has 0 fully saturated rings. The van der Waals surface area contributed by atoms with Crippen molar-refractivity contribution in [3.63, 3.8) is 0 Å². The van der Waals surface area contributed by atoms with Crippen LogP contribution in [0.25, 0.3) is 0 Å². The van der Waals surface area contributed by atoms with Crippen LogP contribution in [0.1, 0.15) is 16.1 Å². The molecule has 2 aromatic rings. The number of amides is 1. The first-order valence-electron chi connectivity index (χ1n) is 6.30. The molecule has 6 nitrogen and oxygen atoms in total. The summed E-state index contributed by atoms with van der Waals surface area (Å²) in [5.41, 5.74) is 1.21. The van der Waals surface area contributed by atoms with Crippen LogP contribution in [0.3, 0.4) is 0 Å². The summed E-state index contributed by atoms with van der Waals surface area (Å²) in [6.45, 7) is 0.438. The highest BCUT2D eigenvalue weighted by Crippen LogP contribution is 2.10. The predicted molar refractivity (Wildman–Crippen MR) is 77.6 cm³/mol. The molecule has 0 aliphatic carbocycles. The maximum Gasteiger partial charge on any atom is 0.271 e. The molecule has 2 rings (SSSR count). The summed E-state index contributed by atoms with van der Waals surface area (Å²) < 4.78 is 22.7. The van der Waals surface area contributed by atoms with Crippen LogP contribution in [0.15, 0.2) is 47.8 Å². The molecule has 0 saturated carbocycles. The van der Waals surface area contributed by atoms with Crippen molar-refractivity contribution in [2.75, 3.05) is 12.8 Å². The molecule has 1 aromatic carbocycles. The van der Waals surface area contributed by atoms with Gasteiger partial charge in [0.2, 0.25) is 0 Å². The highest BCUT2D eigenvalue weighted by molar-refractivity contribution is 7.90. The Morgan fingerprint density at radius 3 is 2.48 bits per heavy atom. The highest BCUT2D eigenvalue weighted by atomic mass is 32.2. The fourth-order valence-corrected chi connectivity index (χ4v) is 2.36. The van der Waals surface area contributed by atoms with Crippen molar-refractivity contribution in [1.82, 2.24) is 15.3 Å². The summed E-state index contributed by atoms with van der Waals surface area (Å²) in [5, 5.41) is 2.73. The number of nitrogens with one attached hydrogen (secondary N) is 1. The number of hydrogen-bond donors (Lipinski definition) is 1. The molecule has 1 amide bonds. The third kappa shape index (κ3) is 4.35. The Kier molecular flexibility index (Phi) is 4.64. The number of aromatic nitrogens is 2. The van der Waals surface area contributed by atoms with Crippen LogP contribution in [-0.2, 0) is 16.3 Å². The second kappa shape index (κ2) is 6.45. The van der Waals surface area contributed by atoms with Gasteiger partial charge in [-0.25, -0.2) is 13.4 Å². The fraction of sp³-hybridized carbons (Fsp3) is 0.214. The Hall–Kier alpha value is -2.28. The molecule has 1 aromatic heterocycles. The average Bonchev–Trinajstić information content (AvgIpc) is 2.47. The molecule has 0 aliphatic rings. The minimum Gasteiger partial charge on any atom is -0.350 e. The Morgan fingerprint density at radius 2 is 1.90 bits per heavy atom. The van der Waals surface area contributed by atoms with E-state index in [4.69, 9.17) is 0 Å². The second-order valence-electron chi connectivity index (χ2n) is 4.51. The highest BCUT2D eigenvalue weighted by Gasteiger charge is 2.07. The summed E-state index contributed by atoms with van der Waals surface area (Å²) in [5.74, 6) is -0.282. The zero-order valence-electron chi connectivity index (χ0n) is 11.5. The van der Waals surface area contributed by atoms with Gasteiger partial charge in [0.25, 0.3) is 5.91 Å². The van der Waals surface area contributed by atoms with Crippen molar-refractivity contribution in [2.45, 2.75) is 11.3 Å². The van der Waals surface area contributed by atoms with Gasteiger partial charge in [-0.15, -0.1) is 0 Å². The van der Waals surface area contributed by atoms with E-state index in [2.05, 4.69) is 15.3 Å². The zero-order chi connectivity index (χ0) is 15.3. The molecular formula is C14H15N3O3S. The molecule has 0 atom stereocenters. The summed E-state index contributed by atoms with van der Waals surface area (Å²) in [7, 11) is -3.17. The lowest BCUT2D eigenvalue weighted by Crippen LogP contribution is -2.26. The van der Waals surface area contributed by atoms with Gasteiger partial charge < -0.3 is 5.32 Å². The van der Waals surface area contributed by atoms with Crippen molar-refractivity contribution < 1.29 is 13.2 Å². The van der Waals surface area contributed by atoms with E-state index < -0.39 is 9.84 Å². The Labute approximate surface area is 123 Å². The summed E-state index contributed by atoms with van der Waals surface area (Å²) in [6.07, 6.45) is 6.13. The van der Waals surface area contributed by atoms with E-state index in [-0.39, 0.29) is 16.5 Å². The average molecular weight is 305 g/mol. The van der Waals surface area contributed by atoms with Crippen LogP contribution in [-0.4, -0.2) is 37.1 Å². The first-order valence-corrected chi connectivity index (χ1v) is 8.19. The van der Waals surface area contributed by atoms with Crippen molar-refractivity contribution in [2.24, 2.45) is 0 Å². The van der Waals surface area contributed by atoms with Gasteiger partial charge in [-0.2, -0.15) is 0 Å². The minimum atomic E-state index is -3.17. The van der Waals surface area contributed by atoms with E-state index in [1.54, 1.807) is 24.3 Å². The summed E-state index contributed by atoms with van der Waals surface area (Å²) >= 11 is 0. The van der Waals surface area contributed by atoms with Crippen molar-refractivity contribution >= 4 is 15.7 Å². The van der Waals surface area contributed by atoms with Gasteiger partial charge in [-0.05, 0) is 24.1 Å². The number of sulfone groups is 1. The maximum atomic E-state index is 11.7. The third-order valence-electron chi connectivity index (χ3n) is 2.85. The topological polar surface area (TPSA) is 89.0 Å². The van der Waals surface area contributed by atoms with Crippen LogP contribution >= 0.6 is 0 Å². The molecule has 1 heterocycles. The Balaban J connectivity index is 1.88. The molecule has 7 heteroatoms. The SMILES string of the molecule is CS(=O)(=O)c1ccc(CCNC(=O)c2cnccn2)cc1. The Morgan fingerprint density at radius 1 is 1.19 bits per heavy atom. The van der Waals surface area contributed by atoms with Crippen LogP contribution in [0.4, 0.5) is 0 Å². The molecule has 0 aliphatic heterocycles. The van der Waals surface area contributed by atoms with Gasteiger partial charge in [-0.3, -0.25) is 9.78 Å². The van der Waals surface area contributed by atoms with Gasteiger partial charge in [-0.1, -0.05) is 12.1 Å². The molecule has 0 unspecified atom stereocenters. The van der Waals surface area contributed by atoms with E-state index >= 15 is 0 Å². The number of nitrogens with zero attached hydrogens (tertiary/aromatic N) is 2. The van der Waals surface area contributed by atoms with E-state index in [0.717, 1.165) is 5.56 Å². The summed E-state index contributed by atoms with van der Waals surface area (Å²) in [4.78, 5) is 19.7. The van der Waals surface area contributed by atoms with Gasteiger partial charge in [0, 0.05) is 25.2 Å². The summed E-state index contributed by atoms with van der Waals surface area (Å²) in [6, 6.07) is 6.61. The zero-order valence-corrected chi connectivity index (χ0v) is 12.3. The van der Waals surface area contributed by atoms with Crippen LogP contribution in [0.5, 0.6) is 0 Å². The number of hydrogen-bond acceptors (Lipinski definition) is 5. The van der Waals surface area contributed by atoms with E-state index in [9.17, 15) is 13.2 Å². The number of carbonyl (C=O) groups is 1. The molecule has 0 radical (unpaired) electrons. The van der Waals surface area contributed by atoms with Crippen molar-refractivity contribution in [3.05, 3.63) is 54.1 Å². The number of benzene rings is 1. The van der Waals surface area contributed by atoms with Crippen molar-refractivity contribution in [3.8, 4) is 0 Å². The van der Waals surface area contributed by atoms with Gasteiger partial charge >= 0.3 is 0 Å². The van der Waals surface area contributed by atoms with Crippen LogP contribution < -0.4 is 5.32 Å². The second-order valence-corrected chi connectivity index (χ2v) is 6.53. The largest absolute Gasteiger partial charge is 0.350 e. The molecule has 0 spiro atoms. The van der Waals surface area contributed by atoms with Gasteiger partial charge in [0.15, 0.2) is 9.84 Å². The molecule has 21 heavy (non-hydrogen) atoms. The molecule has 0 bridgehead atoms. The molecule has 0 saturated heterocycles. The Bertz CT molecular complexity index is 713. The number of carbonyl (C=O) groups excluding carboxylic acids is 1. The minimum absolute atomic E-state index is 0.268. The lowest BCUT2D eigenvalue weighted by molar-refractivity contribution is 0.0948. The van der Waals surface area contributed by atoms with Crippen LogP contribution in [0, 0.1) is 0 Å². The monoisotopic (exact) mass is 305 g/mol. The normalized spacial score (nSPS) is 11.1. The molecule has 110 valence electrons. The maximum absolute atomic E-state index is 11.7. The lowest BCUT2D eigenvalue weighted by Gasteiger charge is -2.05. The smallest absolute Gasteiger partial charge is 0.271 e.